The monoisotopic (exact) mass is 320 g/mol. The van der Waals surface area contributed by atoms with Gasteiger partial charge in [0.15, 0.2) is 0 Å². The van der Waals surface area contributed by atoms with E-state index in [9.17, 15) is 14.7 Å². The van der Waals surface area contributed by atoms with Crippen LogP contribution in [0.5, 0.6) is 0 Å². The van der Waals surface area contributed by atoms with Crippen molar-refractivity contribution >= 4 is 12.0 Å². The highest BCUT2D eigenvalue weighted by atomic mass is 16.6. The number of benzene rings is 1. The van der Waals surface area contributed by atoms with E-state index in [0.29, 0.717) is 26.1 Å². The number of hydrogen-bond donors (Lipinski definition) is 1. The Morgan fingerprint density at radius 3 is 2.52 bits per heavy atom. The van der Waals surface area contributed by atoms with Crippen molar-refractivity contribution in [2.75, 3.05) is 19.6 Å². The van der Waals surface area contributed by atoms with Crippen molar-refractivity contribution in [3.63, 3.8) is 0 Å². The number of ether oxygens (including phenoxy) is 1. The van der Waals surface area contributed by atoms with E-state index in [1.54, 1.807) is 4.90 Å². The van der Waals surface area contributed by atoms with E-state index < -0.39 is 18.2 Å². The molecule has 6 nitrogen and oxygen atoms in total. The van der Waals surface area contributed by atoms with Gasteiger partial charge in [-0.15, -0.1) is 0 Å². The van der Waals surface area contributed by atoms with Crippen LogP contribution >= 0.6 is 0 Å². The first kappa shape index (κ1) is 17.3. The van der Waals surface area contributed by atoms with Gasteiger partial charge in [0.05, 0.1) is 6.10 Å². The Morgan fingerprint density at radius 2 is 1.91 bits per heavy atom. The molecule has 0 bridgehead atoms. The molecule has 0 spiro atoms. The maximum absolute atomic E-state index is 12.5. The number of carbonyl (C=O) groups is 2. The lowest BCUT2D eigenvalue weighted by Gasteiger charge is -2.29. The van der Waals surface area contributed by atoms with Crippen molar-refractivity contribution in [1.29, 1.82) is 0 Å². The Kier molecular flexibility index (Phi) is 5.98. The molecule has 1 N–H and O–H groups in total. The molecule has 0 aromatic heterocycles. The van der Waals surface area contributed by atoms with Crippen LogP contribution in [0.15, 0.2) is 30.3 Å². The summed E-state index contributed by atoms with van der Waals surface area (Å²) in [6.45, 7) is 5.32. The predicted molar refractivity (Wildman–Crippen MR) is 85.7 cm³/mol. The first-order valence-electron chi connectivity index (χ1n) is 8.02. The zero-order valence-corrected chi connectivity index (χ0v) is 13.6. The molecule has 1 aliphatic heterocycles. The average molecular weight is 320 g/mol. The molecule has 1 heterocycles. The third kappa shape index (κ3) is 4.01. The Morgan fingerprint density at radius 1 is 1.26 bits per heavy atom. The maximum Gasteiger partial charge on any atom is 0.410 e. The average Bonchev–Trinajstić information content (AvgIpc) is 2.96. The lowest BCUT2D eigenvalue weighted by Crippen LogP contribution is -2.51. The smallest absolute Gasteiger partial charge is 0.410 e. The van der Waals surface area contributed by atoms with Gasteiger partial charge in [-0.05, 0) is 25.8 Å². The van der Waals surface area contributed by atoms with E-state index in [2.05, 4.69) is 0 Å². The lowest BCUT2D eigenvalue weighted by atomic mass is 10.1. The highest BCUT2D eigenvalue weighted by molar-refractivity contribution is 5.87. The number of likely N-dealkylation sites (N-methyl/N-ethyl adjacent to an activating group) is 1. The highest BCUT2D eigenvalue weighted by Crippen LogP contribution is 2.21. The van der Waals surface area contributed by atoms with E-state index in [1.165, 1.54) is 4.90 Å². The topological polar surface area (TPSA) is 70.1 Å². The van der Waals surface area contributed by atoms with Gasteiger partial charge >= 0.3 is 6.09 Å². The maximum atomic E-state index is 12.5. The van der Waals surface area contributed by atoms with Crippen LogP contribution in [0.1, 0.15) is 25.8 Å². The lowest BCUT2D eigenvalue weighted by molar-refractivity contribution is -0.137. The van der Waals surface area contributed by atoms with E-state index >= 15 is 0 Å². The Balaban J connectivity index is 2.01. The molecule has 1 unspecified atom stereocenters. The summed E-state index contributed by atoms with van der Waals surface area (Å²) >= 11 is 0. The summed E-state index contributed by atoms with van der Waals surface area (Å²) < 4.78 is 5.29. The molecule has 1 saturated heterocycles. The van der Waals surface area contributed by atoms with Gasteiger partial charge in [-0.2, -0.15) is 0 Å². The van der Waals surface area contributed by atoms with Crippen molar-refractivity contribution in [2.24, 2.45) is 0 Å². The van der Waals surface area contributed by atoms with Gasteiger partial charge in [0.25, 0.3) is 0 Å². The summed E-state index contributed by atoms with van der Waals surface area (Å²) in [6.07, 6.45) is -1.01. The second kappa shape index (κ2) is 7.97. The van der Waals surface area contributed by atoms with Crippen LogP contribution in [0.4, 0.5) is 4.79 Å². The van der Waals surface area contributed by atoms with Gasteiger partial charge < -0.3 is 14.7 Å². The molecule has 6 heteroatoms. The SMILES string of the molecule is CCN(CC)C(=O)[C@@H]1C(O)CCN1C(=O)OCc1ccccc1. The fraction of sp³-hybridized carbons (Fsp3) is 0.529. The van der Waals surface area contributed by atoms with Gasteiger partial charge in [0.1, 0.15) is 12.6 Å². The van der Waals surface area contributed by atoms with Gasteiger partial charge in [-0.1, -0.05) is 30.3 Å². The van der Waals surface area contributed by atoms with Crippen LogP contribution in [0.2, 0.25) is 0 Å². The van der Waals surface area contributed by atoms with Crippen LogP contribution in [0.25, 0.3) is 0 Å². The summed E-state index contributed by atoms with van der Waals surface area (Å²) in [7, 11) is 0. The van der Waals surface area contributed by atoms with Crippen LogP contribution in [-0.2, 0) is 16.1 Å². The second-order valence-corrected chi connectivity index (χ2v) is 5.54. The van der Waals surface area contributed by atoms with Gasteiger partial charge in [-0.3, -0.25) is 9.69 Å². The van der Waals surface area contributed by atoms with Crippen LogP contribution in [-0.4, -0.2) is 58.7 Å². The van der Waals surface area contributed by atoms with Crippen LogP contribution in [0.3, 0.4) is 0 Å². The molecular formula is C17H24N2O4. The van der Waals surface area contributed by atoms with Crippen molar-refractivity contribution in [1.82, 2.24) is 9.80 Å². The van der Waals surface area contributed by atoms with Crippen LogP contribution < -0.4 is 0 Å². The number of likely N-dealkylation sites (tertiary alicyclic amines) is 1. The van der Waals surface area contributed by atoms with Gasteiger partial charge in [-0.25, -0.2) is 4.79 Å². The van der Waals surface area contributed by atoms with Crippen molar-refractivity contribution in [3.05, 3.63) is 35.9 Å². The molecule has 1 aromatic rings. The minimum atomic E-state index is -0.849. The number of hydrogen-bond acceptors (Lipinski definition) is 4. The fourth-order valence-electron chi connectivity index (χ4n) is 2.80. The van der Waals surface area contributed by atoms with E-state index in [-0.39, 0.29) is 12.5 Å². The minimum Gasteiger partial charge on any atom is -0.445 e. The molecule has 2 atom stereocenters. The first-order valence-corrected chi connectivity index (χ1v) is 8.02. The van der Waals surface area contributed by atoms with E-state index in [0.717, 1.165) is 5.56 Å². The highest BCUT2D eigenvalue weighted by Gasteiger charge is 2.43. The van der Waals surface area contributed by atoms with E-state index in [1.807, 2.05) is 44.2 Å². The predicted octanol–water partition coefficient (Wildman–Crippen LogP) is 1.63. The van der Waals surface area contributed by atoms with Gasteiger partial charge in [0.2, 0.25) is 5.91 Å². The second-order valence-electron chi connectivity index (χ2n) is 5.54. The number of carbonyl (C=O) groups excluding carboxylic acids is 2. The zero-order valence-electron chi connectivity index (χ0n) is 13.6. The molecule has 1 aliphatic rings. The third-order valence-electron chi connectivity index (χ3n) is 4.13. The number of nitrogens with zero attached hydrogens (tertiary/aromatic N) is 2. The molecular weight excluding hydrogens is 296 g/mol. The Hall–Kier alpha value is -2.08. The molecule has 0 aliphatic carbocycles. The van der Waals surface area contributed by atoms with E-state index in [4.69, 9.17) is 4.74 Å². The summed E-state index contributed by atoms with van der Waals surface area (Å²) in [6, 6.07) is 8.51. The first-order chi connectivity index (χ1) is 11.1. The summed E-state index contributed by atoms with van der Waals surface area (Å²) in [4.78, 5) is 27.8. The minimum absolute atomic E-state index is 0.151. The molecule has 2 amide bonds. The molecule has 126 valence electrons. The number of aliphatic hydroxyl groups is 1. The van der Waals surface area contributed by atoms with Crippen molar-refractivity contribution in [3.8, 4) is 0 Å². The molecule has 0 saturated carbocycles. The zero-order chi connectivity index (χ0) is 16.8. The van der Waals surface area contributed by atoms with Crippen molar-refractivity contribution in [2.45, 2.75) is 39.0 Å². The Bertz CT molecular complexity index is 531. The normalized spacial score (nSPS) is 20.4. The largest absolute Gasteiger partial charge is 0.445 e. The molecule has 2 rings (SSSR count). The number of rotatable bonds is 5. The number of aliphatic hydroxyl groups excluding tert-OH is 1. The molecule has 23 heavy (non-hydrogen) atoms. The summed E-state index contributed by atoms with van der Waals surface area (Å²) in [5.41, 5.74) is 0.882. The fourth-order valence-corrected chi connectivity index (χ4v) is 2.80. The number of amides is 2. The van der Waals surface area contributed by atoms with Gasteiger partial charge in [0, 0.05) is 19.6 Å². The molecule has 0 radical (unpaired) electrons. The molecule has 1 aromatic carbocycles. The van der Waals surface area contributed by atoms with Crippen molar-refractivity contribution < 1.29 is 19.4 Å². The summed E-state index contributed by atoms with van der Waals surface area (Å²) in [5, 5.41) is 10.1. The van der Waals surface area contributed by atoms with Crippen LogP contribution in [0, 0.1) is 0 Å². The molecule has 1 fully saturated rings. The quantitative estimate of drug-likeness (QED) is 0.895. The standard InChI is InChI=1S/C17H24N2O4/c1-3-18(4-2)16(21)15-14(20)10-11-19(15)17(22)23-12-13-8-6-5-7-9-13/h5-9,14-15,20H,3-4,10-12H2,1-2H3/t14?,15-/m0/s1. The third-order valence-corrected chi connectivity index (χ3v) is 4.13. The Labute approximate surface area is 136 Å². The summed E-state index contributed by atoms with van der Waals surface area (Å²) in [5.74, 6) is -0.225.